The molecule has 6 heteroatoms. The second-order valence-corrected chi connectivity index (χ2v) is 8.09. The highest BCUT2D eigenvalue weighted by Crippen LogP contribution is 2.29. The zero-order chi connectivity index (χ0) is 19.6. The van der Waals surface area contributed by atoms with Crippen molar-refractivity contribution in [2.45, 2.75) is 70.3 Å². The Morgan fingerprint density at radius 3 is 2.68 bits per heavy atom. The molecule has 1 aliphatic heterocycles. The number of rotatable bonds is 7. The molecule has 28 heavy (non-hydrogen) atoms. The Morgan fingerprint density at radius 1 is 1.18 bits per heavy atom. The first-order chi connectivity index (χ1) is 13.8. The molecule has 2 N–H and O–H groups in total. The predicted molar refractivity (Wildman–Crippen MR) is 113 cm³/mol. The van der Waals surface area contributed by atoms with E-state index in [1.54, 1.807) is 11.2 Å². The standard InChI is InChI=1S/C22H35N5O/c23-13-17-26(16-7-10-19-8-4-2-1-3-5-9-19)22(28)27-21(12-15-25-27)20-11-6-14-24-18-20/h6,11,14-15,18-19,21H,1-5,7-10,12-13,16-17,23H2. The summed E-state index contributed by atoms with van der Waals surface area (Å²) in [5.74, 6) is 0.822. The molecule has 0 radical (unpaired) electrons. The van der Waals surface area contributed by atoms with Gasteiger partial charge in [-0.05, 0) is 30.4 Å². The third kappa shape index (κ3) is 5.77. The van der Waals surface area contributed by atoms with Gasteiger partial charge in [-0.15, -0.1) is 0 Å². The van der Waals surface area contributed by atoms with Crippen molar-refractivity contribution in [3.8, 4) is 0 Å². The Kier molecular flexibility index (Phi) is 8.27. The van der Waals surface area contributed by atoms with Crippen LogP contribution in [0.5, 0.6) is 0 Å². The van der Waals surface area contributed by atoms with Gasteiger partial charge in [0.25, 0.3) is 0 Å². The van der Waals surface area contributed by atoms with Gasteiger partial charge in [-0.1, -0.05) is 51.0 Å². The van der Waals surface area contributed by atoms with Crippen LogP contribution in [0.1, 0.15) is 75.8 Å². The van der Waals surface area contributed by atoms with Crippen LogP contribution >= 0.6 is 0 Å². The Labute approximate surface area is 169 Å². The molecule has 2 amide bonds. The van der Waals surface area contributed by atoms with E-state index in [4.69, 9.17) is 5.73 Å². The predicted octanol–water partition coefficient (Wildman–Crippen LogP) is 4.34. The molecule has 6 nitrogen and oxygen atoms in total. The SMILES string of the molecule is NCCN(CCCC1CCCCCCC1)C(=O)N1N=CCC1c1cccnc1. The summed E-state index contributed by atoms with van der Waals surface area (Å²) >= 11 is 0. The van der Waals surface area contributed by atoms with E-state index in [1.165, 1.54) is 51.4 Å². The highest BCUT2D eigenvalue weighted by atomic mass is 16.2. The first-order valence-corrected chi connectivity index (χ1v) is 11.0. The first-order valence-electron chi connectivity index (χ1n) is 11.0. The fourth-order valence-electron chi connectivity index (χ4n) is 4.45. The number of nitrogens with zero attached hydrogens (tertiary/aromatic N) is 4. The van der Waals surface area contributed by atoms with E-state index in [-0.39, 0.29) is 12.1 Å². The lowest BCUT2D eigenvalue weighted by atomic mass is 9.88. The van der Waals surface area contributed by atoms with E-state index < -0.39 is 0 Å². The molecule has 1 fully saturated rings. The fraction of sp³-hybridized carbons (Fsp3) is 0.682. The van der Waals surface area contributed by atoms with Crippen molar-refractivity contribution in [1.29, 1.82) is 0 Å². The van der Waals surface area contributed by atoms with Gasteiger partial charge in [0.15, 0.2) is 0 Å². The van der Waals surface area contributed by atoms with Crippen LogP contribution in [0.15, 0.2) is 29.6 Å². The number of aromatic nitrogens is 1. The van der Waals surface area contributed by atoms with Crippen LogP contribution < -0.4 is 5.73 Å². The van der Waals surface area contributed by atoms with Crippen LogP contribution in [0.3, 0.4) is 0 Å². The number of pyridine rings is 1. The van der Waals surface area contributed by atoms with Crippen LogP contribution in [0.25, 0.3) is 0 Å². The molecule has 1 aliphatic carbocycles. The summed E-state index contributed by atoms with van der Waals surface area (Å²) < 4.78 is 0. The molecule has 0 spiro atoms. The maximum Gasteiger partial charge on any atom is 0.341 e. The summed E-state index contributed by atoms with van der Waals surface area (Å²) in [4.78, 5) is 19.2. The molecule has 2 aliphatic rings. The Balaban J connectivity index is 1.54. The van der Waals surface area contributed by atoms with E-state index in [0.717, 1.165) is 30.9 Å². The topological polar surface area (TPSA) is 74.8 Å². The molecule has 1 aromatic heterocycles. The maximum absolute atomic E-state index is 13.2. The second-order valence-electron chi connectivity index (χ2n) is 8.09. The summed E-state index contributed by atoms with van der Waals surface area (Å²) in [7, 11) is 0. The number of urea groups is 1. The highest BCUT2D eigenvalue weighted by Gasteiger charge is 2.31. The number of hydrazone groups is 1. The molecule has 1 saturated carbocycles. The van der Waals surface area contributed by atoms with Crippen LogP contribution in [-0.2, 0) is 0 Å². The summed E-state index contributed by atoms with van der Waals surface area (Å²) in [6.45, 7) is 1.82. The number of nitrogens with two attached hydrogens (primary N) is 1. The Morgan fingerprint density at radius 2 is 1.96 bits per heavy atom. The van der Waals surface area contributed by atoms with Gasteiger partial charge in [0.1, 0.15) is 0 Å². The summed E-state index contributed by atoms with van der Waals surface area (Å²) in [5.41, 5.74) is 6.83. The van der Waals surface area contributed by atoms with Gasteiger partial charge in [0, 0.05) is 44.7 Å². The van der Waals surface area contributed by atoms with Crippen LogP contribution in [0.2, 0.25) is 0 Å². The average Bonchev–Trinajstić information content (AvgIpc) is 3.19. The molecule has 154 valence electrons. The minimum atomic E-state index is -0.0629. The average molecular weight is 386 g/mol. The van der Waals surface area contributed by atoms with Crippen molar-refractivity contribution in [3.05, 3.63) is 30.1 Å². The smallest absolute Gasteiger partial charge is 0.329 e. The highest BCUT2D eigenvalue weighted by molar-refractivity contribution is 5.78. The third-order valence-corrected chi connectivity index (χ3v) is 6.03. The van der Waals surface area contributed by atoms with Crippen LogP contribution in [0, 0.1) is 5.92 Å². The number of hydrogen-bond donors (Lipinski definition) is 1. The molecule has 0 saturated heterocycles. The lowest BCUT2D eigenvalue weighted by Crippen LogP contribution is -2.43. The van der Waals surface area contributed by atoms with E-state index in [2.05, 4.69) is 10.1 Å². The quantitative estimate of drug-likeness (QED) is 0.759. The van der Waals surface area contributed by atoms with Gasteiger partial charge in [-0.2, -0.15) is 5.10 Å². The van der Waals surface area contributed by atoms with E-state index in [9.17, 15) is 4.79 Å². The summed E-state index contributed by atoms with van der Waals surface area (Å²) in [6.07, 6.45) is 18.0. The summed E-state index contributed by atoms with van der Waals surface area (Å²) in [5, 5.41) is 5.98. The summed E-state index contributed by atoms with van der Waals surface area (Å²) in [6, 6.07) is 3.81. The minimum absolute atomic E-state index is 0.0364. The van der Waals surface area contributed by atoms with Gasteiger partial charge in [0.05, 0.1) is 6.04 Å². The van der Waals surface area contributed by atoms with Gasteiger partial charge < -0.3 is 10.6 Å². The molecular weight excluding hydrogens is 350 g/mol. The van der Waals surface area contributed by atoms with Gasteiger partial charge >= 0.3 is 6.03 Å². The van der Waals surface area contributed by atoms with Gasteiger partial charge in [-0.25, -0.2) is 9.80 Å². The van der Waals surface area contributed by atoms with Crippen molar-refractivity contribution in [2.75, 3.05) is 19.6 Å². The molecule has 1 atom stereocenters. The van der Waals surface area contributed by atoms with E-state index in [0.29, 0.717) is 13.1 Å². The first kappa shape index (κ1) is 20.8. The van der Waals surface area contributed by atoms with Crippen LogP contribution in [0.4, 0.5) is 4.79 Å². The molecule has 0 aromatic carbocycles. The lowest BCUT2D eigenvalue weighted by Gasteiger charge is -2.30. The second kappa shape index (κ2) is 11.1. The third-order valence-electron chi connectivity index (χ3n) is 6.03. The number of amides is 2. The van der Waals surface area contributed by atoms with Crippen molar-refractivity contribution in [3.63, 3.8) is 0 Å². The molecule has 1 aromatic rings. The number of carbonyl (C=O) groups excluding carboxylic acids is 1. The van der Waals surface area contributed by atoms with E-state index in [1.807, 2.05) is 29.4 Å². The van der Waals surface area contributed by atoms with E-state index >= 15 is 0 Å². The number of hydrogen-bond acceptors (Lipinski definition) is 4. The largest absolute Gasteiger partial charge is 0.341 e. The molecule has 3 rings (SSSR count). The Hall–Kier alpha value is -1.95. The number of carbonyl (C=O) groups is 1. The monoisotopic (exact) mass is 385 g/mol. The lowest BCUT2D eigenvalue weighted by molar-refractivity contribution is 0.141. The zero-order valence-electron chi connectivity index (χ0n) is 17.0. The molecule has 0 bridgehead atoms. The van der Waals surface area contributed by atoms with Crippen LogP contribution in [-0.4, -0.2) is 46.8 Å². The van der Waals surface area contributed by atoms with Crippen molar-refractivity contribution in [1.82, 2.24) is 14.9 Å². The minimum Gasteiger partial charge on any atom is -0.329 e. The molecule has 2 heterocycles. The van der Waals surface area contributed by atoms with Crippen molar-refractivity contribution >= 4 is 12.2 Å². The van der Waals surface area contributed by atoms with Crippen molar-refractivity contribution in [2.24, 2.45) is 16.8 Å². The maximum atomic E-state index is 13.2. The Bertz CT molecular complexity index is 613. The van der Waals surface area contributed by atoms with Crippen molar-refractivity contribution < 1.29 is 4.79 Å². The fourth-order valence-corrected chi connectivity index (χ4v) is 4.45. The molecule has 1 unspecified atom stereocenters. The normalized spacial score (nSPS) is 20.8. The zero-order valence-corrected chi connectivity index (χ0v) is 17.0. The molecular formula is C22H35N5O. The van der Waals surface area contributed by atoms with Gasteiger partial charge in [0.2, 0.25) is 0 Å². The van der Waals surface area contributed by atoms with Gasteiger partial charge in [-0.3, -0.25) is 4.98 Å².